The van der Waals surface area contributed by atoms with Gasteiger partial charge in [-0.15, -0.1) is 0 Å². The number of nitrogens with zero attached hydrogens (tertiary/aromatic N) is 1. The Labute approximate surface area is 151 Å². The van der Waals surface area contributed by atoms with Gasteiger partial charge in [-0.2, -0.15) is 0 Å². The number of carbonyl (C=O) groups excluding carboxylic acids is 1. The van der Waals surface area contributed by atoms with Crippen molar-refractivity contribution in [3.8, 4) is 11.6 Å². The molecular formula is C19H20N2O5. The Balaban J connectivity index is 1.73. The van der Waals surface area contributed by atoms with Crippen LogP contribution in [-0.4, -0.2) is 35.2 Å². The quantitative estimate of drug-likeness (QED) is 0.791. The second-order valence-electron chi connectivity index (χ2n) is 6.07. The van der Waals surface area contributed by atoms with Gasteiger partial charge in [0.2, 0.25) is 5.88 Å². The standard InChI is InChI=1S/C19H20N2O5/c1-25-14-7-5-12(6-8-14)17(19(23)24)21-18(22)13-9-10-20-16(11-13)26-15-3-2-4-15/h5-11,15,17H,2-4H2,1H3,(H,21,22)(H,23,24). The number of nitrogens with one attached hydrogen (secondary N) is 1. The van der Waals surface area contributed by atoms with Gasteiger partial charge in [0.05, 0.1) is 7.11 Å². The highest BCUT2D eigenvalue weighted by Crippen LogP contribution is 2.24. The van der Waals surface area contributed by atoms with Crippen LogP contribution in [0.1, 0.15) is 41.2 Å². The normalized spacial score (nSPS) is 14.8. The summed E-state index contributed by atoms with van der Waals surface area (Å²) in [5, 5.41) is 12.0. The maximum absolute atomic E-state index is 12.5. The van der Waals surface area contributed by atoms with Crippen molar-refractivity contribution in [2.24, 2.45) is 0 Å². The summed E-state index contributed by atoms with van der Waals surface area (Å²) in [7, 11) is 1.53. The number of hydrogen-bond donors (Lipinski definition) is 2. The summed E-state index contributed by atoms with van der Waals surface area (Å²) in [5.41, 5.74) is 0.751. The molecule has 1 aliphatic carbocycles. The van der Waals surface area contributed by atoms with Gasteiger partial charge < -0.3 is 19.9 Å². The third-order valence-corrected chi connectivity index (χ3v) is 4.31. The van der Waals surface area contributed by atoms with Crippen LogP contribution in [0.4, 0.5) is 0 Å². The number of carboxylic acids is 1. The predicted molar refractivity (Wildman–Crippen MR) is 93.3 cm³/mol. The van der Waals surface area contributed by atoms with E-state index in [9.17, 15) is 14.7 Å². The zero-order valence-corrected chi connectivity index (χ0v) is 14.3. The highest BCUT2D eigenvalue weighted by Gasteiger charge is 2.24. The summed E-state index contributed by atoms with van der Waals surface area (Å²) in [4.78, 5) is 28.2. The van der Waals surface area contributed by atoms with E-state index in [0.29, 0.717) is 22.8 Å². The van der Waals surface area contributed by atoms with Crippen molar-refractivity contribution in [2.75, 3.05) is 7.11 Å². The Hall–Kier alpha value is -3.09. The fraction of sp³-hybridized carbons (Fsp3) is 0.316. The molecule has 1 unspecified atom stereocenters. The third-order valence-electron chi connectivity index (χ3n) is 4.31. The van der Waals surface area contributed by atoms with E-state index < -0.39 is 17.9 Å². The number of ether oxygens (including phenoxy) is 2. The van der Waals surface area contributed by atoms with E-state index in [0.717, 1.165) is 19.3 Å². The Morgan fingerprint density at radius 3 is 2.54 bits per heavy atom. The number of carbonyl (C=O) groups is 2. The van der Waals surface area contributed by atoms with Crippen LogP contribution in [0, 0.1) is 0 Å². The largest absolute Gasteiger partial charge is 0.497 e. The van der Waals surface area contributed by atoms with Gasteiger partial charge in [0.25, 0.3) is 5.91 Å². The molecule has 26 heavy (non-hydrogen) atoms. The zero-order chi connectivity index (χ0) is 18.5. The summed E-state index contributed by atoms with van der Waals surface area (Å²) < 4.78 is 10.7. The van der Waals surface area contributed by atoms with Crippen LogP contribution in [0.2, 0.25) is 0 Å². The van der Waals surface area contributed by atoms with Crippen LogP contribution in [0.25, 0.3) is 0 Å². The first-order valence-electron chi connectivity index (χ1n) is 8.37. The molecule has 136 valence electrons. The van der Waals surface area contributed by atoms with Crippen molar-refractivity contribution in [1.82, 2.24) is 10.3 Å². The van der Waals surface area contributed by atoms with Gasteiger partial charge in [-0.25, -0.2) is 9.78 Å². The van der Waals surface area contributed by atoms with E-state index in [2.05, 4.69) is 10.3 Å². The van der Waals surface area contributed by atoms with Crippen LogP contribution in [-0.2, 0) is 4.79 Å². The molecule has 1 amide bonds. The molecule has 0 spiro atoms. The number of benzene rings is 1. The minimum atomic E-state index is -1.17. The molecule has 1 aliphatic rings. The number of carboxylic acid groups (broad SMARTS) is 1. The number of aliphatic carboxylic acids is 1. The molecule has 1 aromatic carbocycles. The minimum Gasteiger partial charge on any atom is -0.497 e. The maximum Gasteiger partial charge on any atom is 0.330 e. The van der Waals surface area contributed by atoms with E-state index in [1.54, 1.807) is 24.3 Å². The molecule has 3 rings (SSSR count). The van der Waals surface area contributed by atoms with E-state index in [4.69, 9.17) is 9.47 Å². The number of hydrogen-bond acceptors (Lipinski definition) is 5. The van der Waals surface area contributed by atoms with Crippen molar-refractivity contribution < 1.29 is 24.2 Å². The van der Waals surface area contributed by atoms with Gasteiger partial charge in [0.15, 0.2) is 6.04 Å². The Bertz CT molecular complexity index is 787. The maximum atomic E-state index is 12.5. The van der Waals surface area contributed by atoms with Crippen molar-refractivity contribution in [1.29, 1.82) is 0 Å². The molecular weight excluding hydrogens is 336 g/mol. The summed E-state index contributed by atoms with van der Waals surface area (Å²) in [6, 6.07) is 8.39. The van der Waals surface area contributed by atoms with E-state index >= 15 is 0 Å². The van der Waals surface area contributed by atoms with Gasteiger partial charge in [0.1, 0.15) is 11.9 Å². The number of amides is 1. The molecule has 1 aromatic heterocycles. The minimum absolute atomic E-state index is 0.145. The Morgan fingerprint density at radius 2 is 1.96 bits per heavy atom. The van der Waals surface area contributed by atoms with Crippen LogP contribution in [0.3, 0.4) is 0 Å². The SMILES string of the molecule is COc1ccc(C(NC(=O)c2ccnc(OC3CCC3)c2)C(=O)O)cc1. The number of aromatic nitrogens is 1. The average molecular weight is 356 g/mol. The van der Waals surface area contributed by atoms with Crippen molar-refractivity contribution in [3.05, 3.63) is 53.7 Å². The van der Waals surface area contributed by atoms with Crippen LogP contribution < -0.4 is 14.8 Å². The summed E-state index contributed by atoms with van der Waals surface area (Å²) in [6.45, 7) is 0. The van der Waals surface area contributed by atoms with Gasteiger partial charge in [-0.05, 0) is 43.0 Å². The molecule has 2 aromatic rings. The second kappa shape index (κ2) is 7.86. The molecule has 7 heteroatoms. The number of rotatable bonds is 7. The molecule has 1 fully saturated rings. The first kappa shape index (κ1) is 17.7. The fourth-order valence-corrected chi connectivity index (χ4v) is 2.57. The first-order valence-corrected chi connectivity index (χ1v) is 8.37. The summed E-state index contributed by atoms with van der Waals surface area (Å²) >= 11 is 0. The molecule has 0 radical (unpaired) electrons. The number of methoxy groups -OCH3 is 1. The van der Waals surface area contributed by atoms with Crippen molar-refractivity contribution >= 4 is 11.9 Å². The van der Waals surface area contributed by atoms with E-state index in [1.807, 2.05) is 0 Å². The lowest BCUT2D eigenvalue weighted by atomic mass is 9.96. The molecule has 0 saturated heterocycles. The molecule has 2 N–H and O–H groups in total. The lowest BCUT2D eigenvalue weighted by Crippen LogP contribution is -2.33. The molecule has 0 bridgehead atoms. The Morgan fingerprint density at radius 1 is 1.23 bits per heavy atom. The topological polar surface area (TPSA) is 97.8 Å². The van der Waals surface area contributed by atoms with E-state index in [1.165, 1.54) is 25.4 Å². The first-order chi connectivity index (χ1) is 12.6. The number of pyridine rings is 1. The average Bonchev–Trinajstić information content (AvgIpc) is 2.62. The molecule has 1 saturated carbocycles. The summed E-state index contributed by atoms with van der Waals surface area (Å²) in [5.74, 6) is -0.674. The van der Waals surface area contributed by atoms with Gasteiger partial charge in [-0.1, -0.05) is 12.1 Å². The molecule has 1 atom stereocenters. The lowest BCUT2D eigenvalue weighted by molar-refractivity contribution is -0.139. The third kappa shape index (κ3) is 4.11. The smallest absolute Gasteiger partial charge is 0.330 e. The monoisotopic (exact) mass is 356 g/mol. The highest BCUT2D eigenvalue weighted by molar-refractivity contribution is 5.97. The van der Waals surface area contributed by atoms with Gasteiger partial charge >= 0.3 is 5.97 Å². The van der Waals surface area contributed by atoms with Gasteiger partial charge in [-0.3, -0.25) is 4.79 Å². The zero-order valence-electron chi connectivity index (χ0n) is 14.3. The van der Waals surface area contributed by atoms with Crippen LogP contribution in [0.15, 0.2) is 42.6 Å². The molecule has 7 nitrogen and oxygen atoms in total. The molecule has 1 heterocycles. The van der Waals surface area contributed by atoms with E-state index in [-0.39, 0.29) is 6.10 Å². The predicted octanol–water partition coefficient (Wildman–Crippen LogP) is 2.58. The fourth-order valence-electron chi connectivity index (χ4n) is 2.57. The lowest BCUT2D eigenvalue weighted by Gasteiger charge is -2.25. The Kier molecular flexibility index (Phi) is 5.36. The second-order valence-corrected chi connectivity index (χ2v) is 6.07. The van der Waals surface area contributed by atoms with Crippen LogP contribution >= 0.6 is 0 Å². The highest BCUT2D eigenvalue weighted by atomic mass is 16.5. The van der Waals surface area contributed by atoms with Crippen LogP contribution in [0.5, 0.6) is 11.6 Å². The van der Waals surface area contributed by atoms with Gasteiger partial charge in [0, 0.05) is 17.8 Å². The van der Waals surface area contributed by atoms with Crippen molar-refractivity contribution in [2.45, 2.75) is 31.4 Å². The summed E-state index contributed by atoms with van der Waals surface area (Å²) in [6.07, 6.45) is 4.72. The van der Waals surface area contributed by atoms with Crippen molar-refractivity contribution in [3.63, 3.8) is 0 Å². The molecule has 0 aliphatic heterocycles.